The average Bonchev–Trinajstić information content (AvgIpc) is 2.36. The molecule has 0 spiro atoms. The largest absolute Gasteiger partial charge is 0.491 e. The van der Waals surface area contributed by atoms with Gasteiger partial charge < -0.3 is 14.4 Å². The third-order valence-corrected chi connectivity index (χ3v) is 2.52. The highest BCUT2D eigenvalue weighted by Crippen LogP contribution is 2.28. The summed E-state index contributed by atoms with van der Waals surface area (Å²) in [4.78, 5) is 12.3. The number of carbonyl (C=O) groups is 1. The van der Waals surface area contributed by atoms with Crippen LogP contribution in [0.2, 0.25) is 0 Å². The van der Waals surface area contributed by atoms with Gasteiger partial charge in [-0.2, -0.15) is 0 Å². The number of anilines is 1. The number of benzene rings is 1. The van der Waals surface area contributed by atoms with Crippen LogP contribution < -0.4 is 9.64 Å². The van der Waals surface area contributed by atoms with Crippen molar-refractivity contribution in [2.45, 2.75) is 27.2 Å². The van der Waals surface area contributed by atoms with Crippen LogP contribution >= 0.6 is 0 Å². The van der Waals surface area contributed by atoms with Gasteiger partial charge in [-0.05, 0) is 39.0 Å². The summed E-state index contributed by atoms with van der Waals surface area (Å²) >= 11 is 0. The topological polar surface area (TPSA) is 29.5 Å². The molecule has 108 valence electrons. The Labute approximate surface area is 121 Å². The van der Waals surface area contributed by atoms with Crippen molar-refractivity contribution >= 4 is 12.0 Å². The number of ether oxygens (including phenoxy) is 1. The predicted molar refractivity (Wildman–Crippen MR) is 83.3 cm³/mol. The lowest BCUT2D eigenvalue weighted by atomic mass is 9.97. The summed E-state index contributed by atoms with van der Waals surface area (Å²) in [6.07, 6.45) is 1.26. The van der Waals surface area contributed by atoms with E-state index in [4.69, 9.17) is 4.74 Å². The van der Waals surface area contributed by atoms with Gasteiger partial charge in [-0.25, -0.2) is 0 Å². The fourth-order valence-corrected chi connectivity index (χ4v) is 1.54. The summed E-state index contributed by atoms with van der Waals surface area (Å²) < 4.78 is 5.62. The van der Waals surface area contributed by atoms with Crippen molar-refractivity contribution in [2.75, 3.05) is 25.6 Å². The van der Waals surface area contributed by atoms with Crippen LogP contribution in [-0.4, -0.2) is 27.0 Å². The summed E-state index contributed by atoms with van der Waals surface area (Å²) in [7, 11) is 3.92. The molecule has 0 heterocycles. The zero-order valence-electron chi connectivity index (χ0n) is 13.0. The predicted octanol–water partition coefficient (Wildman–Crippen LogP) is 3.12. The maximum Gasteiger partial charge on any atom is 0.142 e. The minimum absolute atomic E-state index is 0.0165. The molecule has 0 atom stereocenters. The quantitative estimate of drug-likeness (QED) is 0.469. The van der Waals surface area contributed by atoms with E-state index in [-0.39, 0.29) is 5.41 Å². The minimum Gasteiger partial charge on any atom is -0.491 e. The van der Waals surface area contributed by atoms with Gasteiger partial charge in [0.05, 0.1) is 12.3 Å². The van der Waals surface area contributed by atoms with Crippen LogP contribution in [0, 0.1) is 17.3 Å². The molecule has 3 nitrogen and oxygen atoms in total. The summed E-state index contributed by atoms with van der Waals surface area (Å²) in [5.41, 5.74) is 1.92. The van der Waals surface area contributed by atoms with E-state index in [9.17, 15) is 4.79 Å². The van der Waals surface area contributed by atoms with E-state index >= 15 is 0 Å². The van der Waals surface area contributed by atoms with Crippen LogP contribution in [0.25, 0.3) is 0 Å². The maximum absolute atomic E-state index is 10.3. The van der Waals surface area contributed by atoms with Gasteiger partial charge in [0.15, 0.2) is 0 Å². The van der Waals surface area contributed by atoms with Gasteiger partial charge in [0.2, 0.25) is 0 Å². The highest BCUT2D eigenvalue weighted by atomic mass is 16.5. The second-order valence-corrected chi connectivity index (χ2v) is 5.88. The summed E-state index contributed by atoms with van der Waals surface area (Å²) in [6.45, 7) is 6.66. The van der Waals surface area contributed by atoms with E-state index in [0.717, 1.165) is 23.3 Å². The summed E-state index contributed by atoms with van der Waals surface area (Å²) in [5.74, 6) is 7.18. The third kappa shape index (κ3) is 5.36. The van der Waals surface area contributed by atoms with Gasteiger partial charge in [0.1, 0.15) is 12.0 Å². The van der Waals surface area contributed by atoms with Crippen molar-refractivity contribution in [2.24, 2.45) is 5.41 Å². The molecule has 0 saturated carbocycles. The van der Waals surface area contributed by atoms with E-state index in [0.29, 0.717) is 13.0 Å². The van der Waals surface area contributed by atoms with Crippen molar-refractivity contribution in [1.29, 1.82) is 0 Å². The standard InChI is InChI=1S/C17H23NO2/c1-17(2,3)10-9-14-7-8-16(20-12-6-11-19)15(13-14)18(4)5/h7-8,11,13H,6,12H2,1-5H3. The van der Waals surface area contributed by atoms with Crippen molar-refractivity contribution in [3.05, 3.63) is 23.8 Å². The zero-order chi connectivity index (χ0) is 15.2. The molecule has 20 heavy (non-hydrogen) atoms. The van der Waals surface area contributed by atoms with Gasteiger partial charge in [-0.3, -0.25) is 0 Å². The molecule has 0 aliphatic rings. The van der Waals surface area contributed by atoms with Crippen molar-refractivity contribution in [3.63, 3.8) is 0 Å². The summed E-state index contributed by atoms with van der Waals surface area (Å²) in [5, 5.41) is 0. The Kier molecular flexibility index (Phi) is 5.64. The van der Waals surface area contributed by atoms with Gasteiger partial charge >= 0.3 is 0 Å². The fraction of sp³-hybridized carbons (Fsp3) is 0.471. The number of hydrogen-bond donors (Lipinski definition) is 0. The molecule has 0 aliphatic carbocycles. The molecule has 0 radical (unpaired) electrons. The molecule has 0 saturated heterocycles. The number of hydrogen-bond acceptors (Lipinski definition) is 3. The molecular weight excluding hydrogens is 250 g/mol. The number of carbonyl (C=O) groups excluding carboxylic acids is 1. The third-order valence-electron chi connectivity index (χ3n) is 2.52. The Hall–Kier alpha value is -1.95. The van der Waals surface area contributed by atoms with Crippen molar-refractivity contribution < 1.29 is 9.53 Å². The molecule has 0 bridgehead atoms. The molecule has 3 heteroatoms. The van der Waals surface area contributed by atoms with Gasteiger partial charge in [-0.1, -0.05) is 11.8 Å². The lowest BCUT2D eigenvalue weighted by molar-refractivity contribution is -0.108. The number of nitrogens with zero attached hydrogens (tertiary/aromatic N) is 1. The Balaban J connectivity index is 3.00. The first-order chi connectivity index (χ1) is 9.33. The molecule has 0 amide bonds. The Morgan fingerprint density at radius 1 is 1.30 bits per heavy atom. The molecule has 0 N–H and O–H groups in total. The first kappa shape index (κ1) is 16.1. The Morgan fingerprint density at radius 3 is 2.55 bits per heavy atom. The smallest absolute Gasteiger partial charge is 0.142 e. The molecule has 1 rings (SSSR count). The van der Waals surface area contributed by atoms with E-state index in [1.807, 2.05) is 37.2 Å². The highest BCUT2D eigenvalue weighted by molar-refractivity contribution is 5.61. The van der Waals surface area contributed by atoms with Crippen LogP contribution in [0.1, 0.15) is 32.8 Å². The highest BCUT2D eigenvalue weighted by Gasteiger charge is 2.08. The number of aldehydes is 1. The normalized spacial score (nSPS) is 10.4. The van der Waals surface area contributed by atoms with E-state index in [2.05, 4.69) is 32.6 Å². The first-order valence-electron chi connectivity index (χ1n) is 6.74. The molecule has 0 aromatic heterocycles. The SMILES string of the molecule is CN(C)c1cc(C#CC(C)(C)C)ccc1OCCC=O. The zero-order valence-corrected chi connectivity index (χ0v) is 13.0. The summed E-state index contributed by atoms with van der Waals surface area (Å²) in [6, 6.07) is 5.86. The molecule has 0 unspecified atom stereocenters. The van der Waals surface area contributed by atoms with Crippen LogP contribution in [-0.2, 0) is 4.79 Å². The molecule has 0 fully saturated rings. The fourth-order valence-electron chi connectivity index (χ4n) is 1.54. The van der Waals surface area contributed by atoms with E-state index in [1.54, 1.807) is 0 Å². The molecule has 1 aromatic rings. The van der Waals surface area contributed by atoms with E-state index in [1.165, 1.54) is 0 Å². The van der Waals surface area contributed by atoms with Gasteiger partial charge in [0, 0.05) is 31.5 Å². The van der Waals surface area contributed by atoms with E-state index < -0.39 is 0 Å². The van der Waals surface area contributed by atoms with Crippen LogP contribution in [0.3, 0.4) is 0 Å². The van der Waals surface area contributed by atoms with Crippen LogP contribution in [0.15, 0.2) is 18.2 Å². The Bertz CT molecular complexity index is 516. The lowest BCUT2D eigenvalue weighted by Gasteiger charge is -2.18. The molecule has 1 aromatic carbocycles. The minimum atomic E-state index is -0.0165. The maximum atomic E-state index is 10.3. The van der Waals surface area contributed by atoms with Crippen LogP contribution in [0.4, 0.5) is 5.69 Å². The van der Waals surface area contributed by atoms with Gasteiger partial charge in [0.25, 0.3) is 0 Å². The van der Waals surface area contributed by atoms with Crippen LogP contribution in [0.5, 0.6) is 5.75 Å². The van der Waals surface area contributed by atoms with Crippen molar-refractivity contribution in [3.8, 4) is 17.6 Å². The number of rotatable bonds is 5. The molecule has 0 aliphatic heterocycles. The van der Waals surface area contributed by atoms with Gasteiger partial charge in [-0.15, -0.1) is 0 Å². The monoisotopic (exact) mass is 273 g/mol. The Morgan fingerprint density at radius 2 is 2.00 bits per heavy atom. The van der Waals surface area contributed by atoms with Crippen molar-refractivity contribution in [1.82, 2.24) is 0 Å². The second kappa shape index (κ2) is 7.00. The first-order valence-corrected chi connectivity index (χ1v) is 6.74. The molecular formula is C17H23NO2. The average molecular weight is 273 g/mol. The second-order valence-electron chi connectivity index (χ2n) is 5.88. The lowest BCUT2D eigenvalue weighted by Crippen LogP contribution is -2.11.